The van der Waals surface area contributed by atoms with Crippen LogP contribution in [0.15, 0.2) is 18.2 Å². The van der Waals surface area contributed by atoms with Gasteiger partial charge in [0, 0.05) is 18.6 Å². The van der Waals surface area contributed by atoms with Crippen molar-refractivity contribution >= 4 is 23.3 Å². The van der Waals surface area contributed by atoms with Crippen LogP contribution < -0.4 is 5.32 Å². The van der Waals surface area contributed by atoms with Gasteiger partial charge in [-0.1, -0.05) is 0 Å². The summed E-state index contributed by atoms with van der Waals surface area (Å²) in [5.41, 5.74) is -1.48. The Morgan fingerprint density at radius 1 is 1.48 bits per heavy atom. The molecule has 1 aromatic rings. The third-order valence-corrected chi connectivity index (χ3v) is 2.79. The minimum atomic E-state index is -1.25. The lowest BCUT2D eigenvalue weighted by molar-refractivity contribution is -0.384. The monoisotopic (exact) mass is 291 g/mol. The molecular weight excluding hydrogens is 278 g/mol. The normalized spacial score (nSPS) is 10.5. The molecule has 110 valence electrons. The first kappa shape index (κ1) is 16.1. The van der Waals surface area contributed by atoms with Gasteiger partial charge < -0.3 is 10.4 Å². The number of anilines is 1. The number of carboxylic acid groups (broad SMARTS) is 1. The molecule has 0 fully saturated rings. The number of carbonyl (C=O) groups excluding carboxylic acids is 1. The van der Waals surface area contributed by atoms with Gasteiger partial charge in [0.05, 0.1) is 21.6 Å². The number of non-ortho nitro benzene ring substituents is 1. The van der Waals surface area contributed by atoms with E-state index in [4.69, 9.17) is 10.4 Å². The SMILES string of the molecule is CC(C)(CC(=O)Nc1ccc([N+](=O)[O-])cc1C#N)C(=O)O. The van der Waals surface area contributed by atoms with E-state index in [2.05, 4.69) is 5.32 Å². The van der Waals surface area contributed by atoms with Crippen LogP contribution in [-0.2, 0) is 9.59 Å². The van der Waals surface area contributed by atoms with E-state index < -0.39 is 22.2 Å². The topological polar surface area (TPSA) is 133 Å². The molecule has 0 saturated heterocycles. The highest BCUT2D eigenvalue weighted by Gasteiger charge is 2.30. The molecule has 0 aliphatic rings. The number of nitro benzene ring substituents is 1. The fraction of sp³-hybridized carbons (Fsp3) is 0.308. The maximum atomic E-state index is 11.8. The maximum Gasteiger partial charge on any atom is 0.309 e. The Morgan fingerprint density at radius 2 is 2.10 bits per heavy atom. The van der Waals surface area contributed by atoms with Crippen molar-refractivity contribution in [2.45, 2.75) is 20.3 Å². The fourth-order valence-electron chi connectivity index (χ4n) is 1.52. The Labute approximate surface area is 120 Å². The van der Waals surface area contributed by atoms with Gasteiger partial charge in [-0.15, -0.1) is 0 Å². The second-order valence-corrected chi connectivity index (χ2v) is 5.01. The summed E-state index contributed by atoms with van der Waals surface area (Å²) in [6.45, 7) is 2.80. The Kier molecular flexibility index (Phi) is 4.60. The van der Waals surface area contributed by atoms with E-state index in [1.807, 2.05) is 0 Å². The lowest BCUT2D eigenvalue weighted by Gasteiger charge is -2.18. The molecule has 8 heteroatoms. The van der Waals surface area contributed by atoms with Crippen molar-refractivity contribution in [3.05, 3.63) is 33.9 Å². The fourth-order valence-corrected chi connectivity index (χ4v) is 1.52. The van der Waals surface area contributed by atoms with Crippen molar-refractivity contribution in [1.82, 2.24) is 0 Å². The molecule has 0 unspecified atom stereocenters. The van der Waals surface area contributed by atoms with Crippen LogP contribution in [0.2, 0.25) is 0 Å². The summed E-state index contributed by atoms with van der Waals surface area (Å²) in [6.07, 6.45) is -0.288. The van der Waals surface area contributed by atoms with Crippen LogP contribution >= 0.6 is 0 Å². The summed E-state index contributed by atoms with van der Waals surface area (Å²) in [5.74, 6) is -1.71. The van der Waals surface area contributed by atoms with Gasteiger partial charge in [-0.05, 0) is 19.9 Å². The number of aliphatic carboxylic acids is 1. The maximum absolute atomic E-state index is 11.8. The molecule has 0 atom stereocenters. The number of hydrogen-bond donors (Lipinski definition) is 2. The molecule has 0 aliphatic carbocycles. The number of hydrogen-bond acceptors (Lipinski definition) is 5. The van der Waals surface area contributed by atoms with Gasteiger partial charge >= 0.3 is 5.97 Å². The van der Waals surface area contributed by atoms with Gasteiger partial charge in [-0.2, -0.15) is 5.26 Å². The van der Waals surface area contributed by atoms with Crippen LogP contribution in [0.25, 0.3) is 0 Å². The molecule has 0 saturated carbocycles. The van der Waals surface area contributed by atoms with Crippen molar-refractivity contribution in [1.29, 1.82) is 5.26 Å². The van der Waals surface area contributed by atoms with E-state index in [0.717, 1.165) is 12.1 Å². The lowest BCUT2D eigenvalue weighted by atomic mass is 9.89. The first-order valence-corrected chi connectivity index (χ1v) is 5.89. The van der Waals surface area contributed by atoms with E-state index in [0.29, 0.717) is 0 Å². The minimum Gasteiger partial charge on any atom is -0.481 e. The second-order valence-electron chi connectivity index (χ2n) is 5.01. The predicted molar refractivity (Wildman–Crippen MR) is 72.5 cm³/mol. The summed E-state index contributed by atoms with van der Waals surface area (Å²) in [5, 5.41) is 30.9. The third-order valence-electron chi connectivity index (χ3n) is 2.79. The van der Waals surface area contributed by atoms with E-state index in [1.165, 1.54) is 19.9 Å². The highest BCUT2D eigenvalue weighted by Crippen LogP contribution is 2.24. The molecule has 8 nitrogen and oxygen atoms in total. The summed E-state index contributed by atoms with van der Waals surface area (Å²) >= 11 is 0. The van der Waals surface area contributed by atoms with Crippen LogP contribution in [-0.4, -0.2) is 21.9 Å². The van der Waals surface area contributed by atoms with Gasteiger partial charge in [-0.25, -0.2) is 0 Å². The molecule has 0 aromatic heterocycles. The Balaban J connectivity index is 2.94. The molecule has 0 radical (unpaired) electrons. The average Bonchev–Trinajstić information content (AvgIpc) is 2.37. The number of benzene rings is 1. The Bertz CT molecular complexity index is 646. The zero-order valence-electron chi connectivity index (χ0n) is 11.4. The number of carboxylic acids is 1. The molecule has 21 heavy (non-hydrogen) atoms. The first-order valence-electron chi connectivity index (χ1n) is 5.89. The average molecular weight is 291 g/mol. The van der Waals surface area contributed by atoms with Crippen LogP contribution in [0.1, 0.15) is 25.8 Å². The molecule has 0 heterocycles. The Morgan fingerprint density at radius 3 is 2.57 bits per heavy atom. The van der Waals surface area contributed by atoms with Crippen LogP contribution in [0, 0.1) is 26.9 Å². The Hall–Kier alpha value is -2.95. The summed E-state index contributed by atoms with van der Waals surface area (Å²) in [7, 11) is 0. The van der Waals surface area contributed by atoms with Crippen molar-refractivity contribution in [3.63, 3.8) is 0 Å². The summed E-state index contributed by atoms with van der Waals surface area (Å²) in [6, 6.07) is 5.18. The number of nitro groups is 1. The quantitative estimate of drug-likeness (QED) is 0.628. The van der Waals surface area contributed by atoms with E-state index in [-0.39, 0.29) is 23.4 Å². The van der Waals surface area contributed by atoms with Crippen molar-refractivity contribution in [3.8, 4) is 6.07 Å². The summed E-state index contributed by atoms with van der Waals surface area (Å²) < 4.78 is 0. The molecule has 1 amide bonds. The highest BCUT2D eigenvalue weighted by atomic mass is 16.6. The molecule has 2 N–H and O–H groups in total. The number of nitrogens with zero attached hydrogens (tertiary/aromatic N) is 2. The predicted octanol–water partition coefficient (Wildman–Crippen LogP) is 1.91. The number of carbonyl (C=O) groups is 2. The molecule has 1 aromatic carbocycles. The largest absolute Gasteiger partial charge is 0.481 e. The zero-order valence-corrected chi connectivity index (χ0v) is 11.4. The standard InChI is InChI=1S/C13H13N3O5/c1-13(2,12(18)19)6-11(17)15-10-4-3-9(16(20)21)5-8(10)7-14/h3-5H,6H2,1-2H3,(H,15,17)(H,18,19). The molecular formula is C13H13N3O5. The van der Waals surface area contributed by atoms with Crippen LogP contribution in [0.5, 0.6) is 0 Å². The number of amides is 1. The van der Waals surface area contributed by atoms with Crippen molar-refractivity contribution < 1.29 is 19.6 Å². The molecule has 0 spiro atoms. The van der Waals surface area contributed by atoms with Crippen molar-refractivity contribution in [2.24, 2.45) is 5.41 Å². The lowest BCUT2D eigenvalue weighted by Crippen LogP contribution is -2.29. The number of rotatable bonds is 5. The number of nitrogens with one attached hydrogen (secondary N) is 1. The zero-order chi connectivity index (χ0) is 16.2. The molecule has 0 bridgehead atoms. The number of nitriles is 1. The first-order chi connectivity index (χ1) is 9.67. The minimum absolute atomic E-state index is 0.0642. The van der Waals surface area contributed by atoms with E-state index in [9.17, 15) is 19.7 Å². The van der Waals surface area contributed by atoms with Crippen LogP contribution in [0.3, 0.4) is 0 Å². The van der Waals surface area contributed by atoms with Crippen LogP contribution in [0.4, 0.5) is 11.4 Å². The van der Waals surface area contributed by atoms with Crippen molar-refractivity contribution in [2.75, 3.05) is 5.32 Å². The van der Waals surface area contributed by atoms with E-state index in [1.54, 1.807) is 6.07 Å². The smallest absolute Gasteiger partial charge is 0.309 e. The molecule has 1 rings (SSSR count). The van der Waals surface area contributed by atoms with Gasteiger partial charge in [0.2, 0.25) is 5.91 Å². The van der Waals surface area contributed by atoms with Gasteiger partial charge in [0.15, 0.2) is 0 Å². The highest BCUT2D eigenvalue weighted by molar-refractivity contribution is 5.95. The molecule has 0 aliphatic heterocycles. The van der Waals surface area contributed by atoms with Gasteiger partial charge in [0.25, 0.3) is 5.69 Å². The second kappa shape index (κ2) is 6.00. The van der Waals surface area contributed by atoms with Gasteiger partial charge in [0.1, 0.15) is 6.07 Å². The third kappa shape index (κ3) is 4.01. The van der Waals surface area contributed by atoms with Gasteiger partial charge in [-0.3, -0.25) is 19.7 Å². The summed E-state index contributed by atoms with van der Waals surface area (Å²) in [4.78, 5) is 32.7. The van der Waals surface area contributed by atoms with E-state index >= 15 is 0 Å².